The van der Waals surface area contributed by atoms with Crippen LogP contribution in [0.15, 0.2) is 24.3 Å². The van der Waals surface area contributed by atoms with Crippen LogP contribution in [0.4, 0.5) is 0 Å². The summed E-state index contributed by atoms with van der Waals surface area (Å²) in [6, 6.07) is 9.42. The van der Waals surface area contributed by atoms with Crippen LogP contribution in [0.25, 0.3) is 0 Å². The van der Waals surface area contributed by atoms with E-state index < -0.39 is 0 Å². The normalized spacial score (nSPS) is 18.6. The fraction of sp³-hybridized carbons (Fsp3) is 0.500. The maximum atomic E-state index is 5.32. The van der Waals surface area contributed by atoms with E-state index in [0.717, 1.165) is 11.5 Å². The minimum absolute atomic E-state index is 0.374. The summed E-state index contributed by atoms with van der Waals surface area (Å²) in [6.45, 7) is 4.20. The molecule has 0 saturated carbocycles. The van der Waals surface area contributed by atoms with Gasteiger partial charge in [0.15, 0.2) is 5.11 Å². The molecule has 0 bridgehead atoms. The van der Waals surface area contributed by atoms with Gasteiger partial charge in [0.05, 0.1) is 6.04 Å². The Labute approximate surface area is 109 Å². The molecule has 2 N–H and O–H groups in total. The van der Waals surface area contributed by atoms with E-state index >= 15 is 0 Å². The number of thiocarbonyl (C=S) groups is 1. The van der Waals surface area contributed by atoms with E-state index in [0.29, 0.717) is 12.1 Å². The molecule has 1 aliphatic rings. The Bertz CT molecular complexity index is 401. The maximum absolute atomic E-state index is 5.32. The average molecular weight is 248 g/mol. The van der Waals surface area contributed by atoms with Gasteiger partial charge in [0, 0.05) is 6.04 Å². The van der Waals surface area contributed by atoms with Gasteiger partial charge >= 0.3 is 0 Å². The van der Waals surface area contributed by atoms with Crippen molar-refractivity contribution in [3.05, 3.63) is 35.4 Å². The van der Waals surface area contributed by atoms with Crippen LogP contribution in [0.1, 0.15) is 43.9 Å². The number of hydrogen-bond donors (Lipinski definition) is 2. The minimum Gasteiger partial charge on any atom is -0.361 e. The Morgan fingerprint density at radius 3 is 2.88 bits per heavy atom. The van der Waals surface area contributed by atoms with E-state index in [1.807, 2.05) is 0 Å². The van der Waals surface area contributed by atoms with Gasteiger partial charge in [0.25, 0.3) is 0 Å². The predicted octanol–water partition coefficient (Wildman–Crippen LogP) is 2.94. The van der Waals surface area contributed by atoms with Gasteiger partial charge in [0.1, 0.15) is 0 Å². The fourth-order valence-corrected chi connectivity index (χ4v) is 2.74. The molecule has 1 aromatic rings. The molecule has 1 atom stereocenters. The zero-order chi connectivity index (χ0) is 12.3. The van der Waals surface area contributed by atoms with Gasteiger partial charge < -0.3 is 10.6 Å². The molecule has 0 spiro atoms. The van der Waals surface area contributed by atoms with Gasteiger partial charge in [-0.3, -0.25) is 0 Å². The maximum Gasteiger partial charge on any atom is 0.166 e. The third-order valence-electron chi connectivity index (χ3n) is 3.09. The van der Waals surface area contributed by atoms with Crippen molar-refractivity contribution < 1.29 is 0 Å². The zero-order valence-corrected chi connectivity index (χ0v) is 11.3. The van der Waals surface area contributed by atoms with Crippen LogP contribution in [-0.2, 0) is 6.42 Å². The SMILES string of the molecule is CC(C)NC(=S)N[C@@H]1CCCc2ccccc21. The lowest BCUT2D eigenvalue weighted by atomic mass is 9.88. The molecule has 0 amide bonds. The molecule has 1 aromatic carbocycles. The quantitative estimate of drug-likeness (QED) is 0.787. The average Bonchev–Trinajstić information content (AvgIpc) is 2.28. The van der Waals surface area contributed by atoms with Gasteiger partial charge in [-0.15, -0.1) is 0 Å². The summed E-state index contributed by atoms with van der Waals surface area (Å²) >= 11 is 5.32. The lowest BCUT2D eigenvalue weighted by molar-refractivity contribution is 0.520. The molecule has 2 nitrogen and oxygen atoms in total. The van der Waals surface area contributed by atoms with Gasteiger partial charge in [0.2, 0.25) is 0 Å². The first-order valence-electron chi connectivity index (χ1n) is 6.31. The third kappa shape index (κ3) is 3.19. The molecule has 1 aliphatic carbocycles. The van der Waals surface area contributed by atoms with Crippen molar-refractivity contribution >= 4 is 17.3 Å². The monoisotopic (exact) mass is 248 g/mol. The Morgan fingerprint density at radius 2 is 2.12 bits per heavy atom. The second-order valence-corrected chi connectivity index (χ2v) is 5.32. The number of hydrogen-bond acceptors (Lipinski definition) is 1. The van der Waals surface area contributed by atoms with Gasteiger partial charge in [-0.25, -0.2) is 0 Å². The van der Waals surface area contributed by atoms with Gasteiger partial charge in [-0.1, -0.05) is 24.3 Å². The number of rotatable bonds is 2. The van der Waals surface area contributed by atoms with Crippen LogP contribution in [0.2, 0.25) is 0 Å². The molecule has 0 saturated heterocycles. The summed E-state index contributed by atoms with van der Waals surface area (Å²) in [7, 11) is 0. The van der Waals surface area contributed by atoms with Gasteiger partial charge in [-0.2, -0.15) is 0 Å². The van der Waals surface area contributed by atoms with Crippen molar-refractivity contribution in [1.82, 2.24) is 10.6 Å². The van der Waals surface area contributed by atoms with Crippen LogP contribution < -0.4 is 10.6 Å². The molecular weight excluding hydrogens is 228 g/mol. The van der Waals surface area contributed by atoms with Crippen LogP contribution in [-0.4, -0.2) is 11.2 Å². The molecule has 3 heteroatoms. The first kappa shape index (κ1) is 12.4. The summed E-state index contributed by atoms with van der Waals surface area (Å²) in [4.78, 5) is 0. The third-order valence-corrected chi connectivity index (χ3v) is 3.33. The van der Waals surface area contributed by atoms with E-state index in [2.05, 4.69) is 48.7 Å². The molecule has 0 fully saturated rings. The van der Waals surface area contributed by atoms with Crippen molar-refractivity contribution in [2.75, 3.05) is 0 Å². The molecular formula is C14H20N2S. The summed E-state index contributed by atoms with van der Waals surface area (Å²) in [5, 5.41) is 7.43. The number of benzene rings is 1. The van der Waals surface area contributed by atoms with Crippen LogP contribution >= 0.6 is 12.2 Å². The Morgan fingerprint density at radius 1 is 1.35 bits per heavy atom. The van der Waals surface area contributed by atoms with Crippen LogP contribution in [0.5, 0.6) is 0 Å². The van der Waals surface area contributed by atoms with E-state index in [-0.39, 0.29) is 0 Å². The summed E-state index contributed by atoms with van der Waals surface area (Å²) in [6.07, 6.45) is 3.59. The highest BCUT2D eigenvalue weighted by Gasteiger charge is 2.20. The van der Waals surface area contributed by atoms with E-state index in [1.54, 1.807) is 0 Å². The molecule has 0 aromatic heterocycles. The second-order valence-electron chi connectivity index (χ2n) is 4.92. The largest absolute Gasteiger partial charge is 0.361 e. The molecule has 0 aliphatic heterocycles. The standard InChI is InChI=1S/C14H20N2S/c1-10(2)15-14(17)16-13-9-5-7-11-6-3-4-8-12(11)13/h3-4,6,8,10,13H,5,7,9H2,1-2H3,(H2,15,16,17)/t13-/m1/s1. The summed E-state index contributed by atoms with van der Waals surface area (Å²) in [5.74, 6) is 0. The lowest BCUT2D eigenvalue weighted by Crippen LogP contribution is -2.41. The Hall–Kier alpha value is -1.09. The highest BCUT2D eigenvalue weighted by molar-refractivity contribution is 7.80. The first-order chi connectivity index (χ1) is 8.16. The molecule has 17 heavy (non-hydrogen) atoms. The fourth-order valence-electron chi connectivity index (χ4n) is 2.37. The first-order valence-corrected chi connectivity index (χ1v) is 6.72. The minimum atomic E-state index is 0.374. The van der Waals surface area contributed by atoms with E-state index in [1.165, 1.54) is 24.0 Å². The van der Waals surface area contributed by atoms with Crippen molar-refractivity contribution in [3.8, 4) is 0 Å². The van der Waals surface area contributed by atoms with Gasteiger partial charge in [-0.05, 0) is 56.5 Å². The number of nitrogens with one attached hydrogen (secondary N) is 2. The van der Waals surface area contributed by atoms with Crippen molar-refractivity contribution in [1.29, 1.82) is 0 Å². The van der Waals surface area contributed by atoms with Crippen molar-refractivity contribution in [3.63, 3.8) is 0 Å². The second kappa shape index (κ2) is 5.50. The highest BCUT2D eigenvalue weighted by Crippen LogP contribution is 2.29. The molecule has 2 rings (SSSR count). The number of aryl methyl sites for hydroxylation is 1. The number of fused-ring (bicyclic) bond motifs is 1. The summed E-state index contributed by atoms with van der Waals surface area (Å²) < 4.78 is 0. The smallest absolute Gasteiger partial charge is 0.166 e. The summed E-state index contributed by atoms with van der Waals surface area (Å²) in [5.41, 5.74) is 2.87. The predicted molar refractivity (Wildman–Crippen MR) is 76.1 cm³/mol. The van der Waals surface area contributed by atoms with Crippen LogP contribution in [0, 0.1) is 0 Å². The zero-order valence-electron chi connectivity index (χ0n) is 10.5. The topological polar surface area (TPSA) is 24.1 Å². The van der Waals surface area contributed by atoms with Crippen molar-refractivity contribution in [2.24, 2.45) is 0 Å². The molecule has 0 radical (unpaired) electrons. The van der Waals surface area contributed by atoms with E-state index in [9.17, 15) is 0 Å². The van der Waals surface area contributed by atoms with Crippen molar-refractivity contribution in [2.45, 2.75) is 45.2 Å². The molecule has 0 heterocycles. The lowest BCUT2D eigenvalue weighted by Gasteiger charge is -2.28. The highest BCUT2D eigenvalue weighted by atomic mass is 32.1. The Kier molecular flexibility index (Phi) is 4.00. The Balaban J connectivity index is 2.06. The molecule has 92 valence electrons. The molecule has 0 unspecified atom stereocenters. The van der Waals surface area contributed by atoms with Crippen LogP contribution in [0.3, 0.4) is 0 Å². The van der Waals surface area contributed by atoms with E-state index in [4.69, 9.17) is 12.2 Å².